The molecule has 3 unspecified atom stereocenters. The molecule has 0 spiro atoms. The average Bonchev–Trinajstić information content (AvgIpc) is 2.90. The van der Waals surface area contributed by atoms with Crippen molar-refractivity contribution < 1.29 is 9.84 Å². The summed E-state index contributed by atoms with van der Waals surface area (Å²) in [6.45, 7) is 19.4. The molecule has 1 N–H and O–H groups in total. The van der Waals surface area contributed by atoms with E-state index in [1.165, 1.54) is 11.1 Å². The molecule has 0 aliphatic rings. The average molecular weight is 544 g/mol. The van der Waals surface area contributed by atoms with E-state index < -0.39 is 0 Å². The van der Waals surface area contributed by atoms with Gasteiger partial charge in [0.05, 0.1) is 0 Å². The molecule has 0 amide bonds. The van der Waals surface area contributed by atoms with Crippen molar-refractivity contribution in [3.8, 4) is 5.75 Å². The number of rotatable bonds is 16. The molecular weight excluding hydrogens is 490 g/mol. The summed E-state index contributed by atoms with van der Waals surface area (Å²) in [4.78, 5) is 2.12. The maximum atomic E-state index is 9.88. The Bertz CT molecular complexity index is 1110. The fourth-order valence-electron chi connectivity index (χ4n) is 5.54. The summed E-state index contributed by atoms with van der Waals surface area (Å²) in [6.07, 6.45) is 13.9. The van der Waals surface area contributed by atoms with Crippen LogP contribution in [0.5, 0.6) is 5.75 Å². The highest BCUT2D eigenvalue weighted by Gasteiger charge is 2.30. The quantitative estimate of drug-likeness (QED) is 0.170. The van der Waals surface area contributed by atoms with Crippen molar-refractivity contribution >= 4 is 0 Å². The van der Waals surface area contributed by atoms with E-state index >= 15 is 0 Å². The molecular formula is C37H53NO2. The second kappa shape index (κ2) is 15.8. The van der Waals surface area contributed by atoms with Gasteiger partial charge >= 0.3 is 0 Å². The van der Waals surface area contributed by atoms with Crippen LogP contribution in [-0.2, 0) is 0 Å². The van der Waals surface area contributed by atoms with Crippen LogP contribution in [-0.4, -0.2) is 43.9 Å². The molecule has 0 fully saturated rings. The van der Waals surface area contributed by atoms with Crippen LogP contribution >= 0.6 is 0 Å². The number of aliphatic hydroxyl groups is 1. The highest BCUT2D eigenvalue weighted by molar-refractivity contribution is 5.39. The first-order chi connectivity index (χ1) is 18.9. The van der Waals surface area contributed by atoms with Crippen molar-refractivity contribution in [2.24, 2.45) is 22.7 Å². The van der Waals surface area contributed by atoms with Gasteiger partial charge in [0, 0.05) is 25.0 Å². The Hall–Kier alpha value is -2.88. The van der Waals surface area contributed by atoms with Crippen molar-refractivity contribution in [3.63, 3.8) is 0 Å². The summed E-state index contributed by atoms with van der Waals surface area (Å²) in [5, 5.41) is 9.88. The van der Waals surface area contributed by atoms with Crippen LogP contribution in [0.2, 0.25) is 0 Å². The Morgan fingerprint density at radius 3 is 2.17 bits per heavy atom. The summed E-state index contributed by atoms with van der Waals surface area (Å²) in [5.41, 5.74) is 3.44. The third kappa shape index (κ3) is 10.9. The zero-order valence-electron chi connectivity index (χ0n) is 26.2. The molecule has 0 saturated heterocycles. The molecule has 2 aromatic rings. The molecule has 0 aromatic heterocycles. The van der Waals surface area contributed by atoms with Crippen LogP contribution in [0.3, 0.4) is 0 Å². The lowest BCUT2D eigenvalue weighted by atomic mass is 9.71. The molecule has 218 valence electrons. The number of aliphatic hydroxyl groups excluding tert-OH is 1. The van der Waals surface area contributed by atoms with Gasteiger partial charge in [0.15, 0.2) is 0 Å². The minimum atomic E-state index is -0.138. The number of hydrogen-bond donors (Lipinski definition) is 1. The summed E-state index contributed by atoms with van der Waals surface area (Å²) < 4.78 is 5.98. The van der Waals surface area contributed by atoms with Gasteiger partial charge in [0.1, 0.15) is 12.4 Å². The third-order valence-corrected chi connectivity index (χ3v) is 7.46. The minimum absolute atomic E-state index is 0.0642. The number of ether oxygens (including phenoxy) is 1. The zero-order chi connectivity index (χ0) is 29.8. The Labute approximate surface area is 245 Å². The molecule has 0 heterocycles. The van der Waals surface area contributed by atoms with Gasteiger partial charge in [-0.2, -0.15) is 0 Å². The maximum absolute atomic E-state index is 9.88. The number of allylic oxidation sites excluding steroid dienone is 7. The second-order valence-corrected chi connectivity index (χ2v) is 12.8. The van der Waals surface area contributed by atoms with E-state index in [9.17, 15) is 5.11 Å². The maximum Gasteiger partial charge on any atom is 0.119 e. The van der Waals surface area contributed by atoms with Gasteiger partial charge in [-0.1, -0.05) is 120 Å². The molecule has 0 aliphatic heterocycles. The molecule has 2 rings (SSSR count). The predicted molar refractivity (Wildman–Crippen MR) is 173 cm³/mol. The van der Waals surface area contributed by atoms with E-state index in [2.05, 4.69) is 139 Å². The van der Waals surface area contributed by atoms with Crippen molar-refractivity contribution in [1.82, 2.24) is 4.90 Å². The standard InChI is InChI=1S/C37H53NO2/c1-10-11-13-16-29(2)34(23-24-36(4,5)27-37(6,7)28-39)30(3)35(31-17-14-12-15-18-31)32-19-21-33(22-20-32)40-26-25-38(8)9/h10-24,30,34-35,39H,2,25-28H2,1,3-9H3. The van der Waals surface area contributed by atoms with E-state index in [4.69, 9.17) is 4.74 Å². The van der Waals surface area contributed by atoms with Gasteiger partial charge < -0.3 is 14.7 Å². The van der Waals surface area contributed by atoms with Gasteiger partial charge in [-0.15, -0.1) is 0 Å². The van der Waals surface area contributed by atoms with Gasteiger partial charge in [-0.05, 0) is 73.0 Å². The fourth-order valence-corrected chi connectivity index (χ4v) is 5.54. The van der Waals surface area contributed by atoms with Crippen molar-refractivity contribution in [3.05, 3.63) is 114 Å². The highest BCUT2D eigenvalue weighted by Crippen LogP contribution is 2.41. The SMILES string of the molecule is C=C(C=CC=CC)C(C=CC(C)(C)CC(C)(C)CO)C(C)C(c1ccccc1)c1ccc(OCCN(C)C)cc1. The summed E-state index contributed by atoms with van der Waals surface area (Å²) in [5.74, 6) is 1.44. The topological polar surface area (TPSA) is 32.7 Å². The predicted octanol–water partition coefficient (Wildman–Crippen LogP) is 8.69. The first kappa shape index (κ1) is 33.3. The molecule has 3 atom stereocenters. The third-order valence-electron chi connectivity index (χ3n) is 7.46. The Balaban J connectivity index is 2.48. The number of nitrogens with zero attached hydrogens (tertiary/aromatic N) is 1. The van der Waals surface area contributed by atoms with Crippen LogP contribution in [0, 0.1) is 22.7 Å². The molecule has 0 aliphatic carbocycles. The van der Waals surface area contributed by atoms with Crippen LogP contribution in [0.15, 0.2) is 103 Å². The lowest BCUT2D eigenvalue weighted by Gasteiger charge is -2.34. The normalized spacial score (nSPS) is 15.2. The van der Waals surface area contributed by atoms with Crippen LogP contribution < -0.4 is 4.74 Å². The number of benzene rings is 2. The van der Waals surface area contributed by atoms with Crippen molar-refractivity contribution in [1.29, 1.82) is 0 Å². The molecule has 3 nitrogen and oxygen atoms in total. The van der Waals surface area contributed by atoms with Crippen molar-refractivity contribution in [2.75, 3.05) is 33.9 Å². The van der Waals surface area contributed by atoms with Crippen LogP contribution in [0.4, 0.5) is 0 Å². The van der Waals surface area contributed by atoms with E-state index in [1.807, 2.05) is 19.1 Å². The molecule has 3 heteroatoms. The second-order valence-electron chi connectivity index (χ2n) is 12.8. The summed E-state index contributed by atoms with van der Waals surface area (Å²) in [6, 6.07) is 19.4. The monoisotopic (exact) mass is 543 g/mol. The van der Waals surface area contributed by atoms with E-state index in [0.29, 0.717) is 6.61 Å². The molecule has 0 radical (unpaired) electrons. The Morgan fingerprint density at radius 2 is 1.60 bits per heavy atom. The van der Waals surface area contributed by atoms with Crippen molar-refractivity contribution in [2.45, 2.75) is 53.9 Å². The van der Waals surface area contributed by atoms with Crippen LogP contribution in [0.25, 0.3) is 0 Å². The first-order valence-electron chi connectivity index (χ1n) is 14.6. The number of hydrogen-bond acceptors (Lipinski definition) is 3. The fraction of sp³-hybridized carbons (Fsp3) is 0.459. The summed E-state index contributed by atoms with van der Waals surface area (Å²) in [7, 11) is 4.11. The highest BCUT2D eigenvalue weighted by atomic mass is 16.5. The zero-order valence-corrected chi connectivity index (χ0v) is 26.2. The summed E-state index contributed by atoms with van der Waals surface area (Å²) >= 11 is 0. The van der Waals surface area contributed by atoms with E-state index in [0.717, 1.165) is 24.3 Å². The molecule has 0 saturated carbocycles. The molecule has 2 aromatic carbocycles. The Kier molecular flexibility index (Phi) is 13.2. The van der Waals surface area contributed by atoms with Gasteiger partial charge in [0.25, 0.3) is 0 Å². The lowest BCUT2D eigenvalue weighted by Crippen LogP contribution is -2.25. The number of likely N-dealkylation sites (N-methyl/N-ethyl adjacent to an activating group) is 1. The van der Waals surface area contributed by atoms with E-state index in [-0.39, 0.29) is 35.2 Å². The Morgan fingerprint density at radius 1 is 0.975 bits per heavy atom. The smallest absolute Gasteiger partial charge is 0.119 e. The van der Waals surface area contributed by atoms with Gasteiger partial charge in [0.2, 0.25) is 0 Å². The lowest BCUT2D eigenvalue weighted by molar-refractivity contribution is 0.119. The van der Waals surface area contributed by atoms with Gasteiger partial charge in [-0.25, -0.2) is 0 Å². The minimum Gasteiger partial charge on any atom is -0.492 e. The van der Waals surface area contributed by atoms with E-state index in [1.54, 1.807) is 0 Å². The van der Waals surface area contributed by atoms with Crippen LogP contribution in [0.1, 0.15) is 65.0 Å². The first-order valence-corrected chi connectivity index (χ1v) is 14.6. The van der Waals surface area contributed by atoms with Gasteiger partial charge in [-0.3, -0.25) is 0 Å². The largest absolute Gasteiger partial charge is 0.492 e. The molecule has 40 heavy (non-hydrogen) atoms. The molecule has 0 bridgehead atoms.